The molecule has 1 atom stereocenters. The van der Waals surface area contributed by atoms with Crippen LogP contribution < -0.4 is 5.73 Å². The van der Waals surface area contributed by atoms with Crippen molar-refractivity contribution in [2.24, 2.45) is 5.73 Å². The molecule has 0 saturated carbocycles. The van der Waals surface area contributed by atoms with E-state index in [0.717, 1.165) is 12.8 Å². The van der Waals surface area contributed by atoms with Gasteiger partial charge in [-0.1, -0.05) is 13.0 Å². The fourth-order valence-corrected chi connectivity index (χ4v) is 1.63. The number of thiophene rings is 1. The Morgan fingerprint density at radius 3 is 3.00 bits per heavy atom. The van der Waals surface area contributed by atoms with Gasteiger partial charge in [0.1, 0.15) is 0 Å². The molecule has 0 aliphatic carbocycles. The van der Waals surface area contributed by atoms with E-state index in [-0.39, 0.29) is 0 Å². The summed E-state index contributed by atoms with van der Waals surface area (Å²) in [6.07, 6.45) is 2.10. The highest BCUT2D eigenvalue weighted by atomic mass is 32.1. The topological polar surface area (TPSA) is 26.0 Å². The maximum Gasteiger partial charge on any atom is 0.00845 e. The molecule has 0 fully saturated rings. The number of hydrogen-bond donors (Lipinski definition) is 1. The van der Waals surface area contributed by atoms with E-state index in [1.54, 1.807) is 11.3 Å². The SMILES string of the molecule is CC[C@H](N)Cc1cccs1. The average molecular weight is 155 g/mol. The Hall–Kier alpha value is -0.340. The highest BCUT2D eigenvalue weighted by Crippen LogP contribution is 2.10. The smallest absolute Gasteiger partial charge is 0.00845 e. The van der Waals surface area contributed by atoms with Gasteiger partial charge >= 0.3 is 0 Å². The lowest BCUT2D eigenvalue weighted by atomic mass is 10.1. The largest absolute Gasteiger partial charge is 0.327 e. The number of rotatable bonds is 3. The van der Waals surface area contributed by atoms with Crippen molar-refractivity contribution < 1.29 is 0 Å². The van der Waals surface area contributed by atoms with E-state index in [0.29, 0.717) is 6.04 Å². The zero-order valence-electron chi connectivity index (χ0n) is 6.21. The van der Waals surface area contributed by atoms with Gasteiger partial charge in [0.25, 0.3) is 0 Å². The average Bonchev–Trinajstić information content (AvgIpc) is 2.40. The molecule has 2 N–H and O–H groups in total. The monoisotopic (exact) mass is 155 g/mol. The summed E-state index contributed by atoms with van der Waals surface area (Å²) in [7, 11) is 0. The molecule has 0 amide bonds. The van der Waals surface area contributed by atoms with Crippen molar-refractivity contribution in [3.63, 3.8) is 0 Å². The van der Waals surface area contributed by atoms with E-state index in [1.807, 2.05) is 0 Å². The van der Waals surface area contributed by atoms with Crippen molar-refractivity contribution in [3.8, 4) is 0 Å². The summed E-state index contributed by atoms with van der Waals surface area (Å²) in [4.78, 5) is 1.40. The molecular formula is C8H13NS. The second-order valence-electron chi connectivity index (χ2n) is 2.45. The minimum Gasteiger partial charge on any atom is -0.327 e. The van der Waals surface area contributed by atoms with Gasteiger partial charge in [-0.05, 0) is 24.3 Å². The molecule has 0 bridgehead atoms. The molecule has 1 heterocycles. The Morgan fingerprint density at radius 2 is 2.50 bits per heavy atom. The summed E-state index contributed by atoms with van der Waals surface area (Å²) >= 11 is 1.79. The Balaban J connectivity index is 2.40. The van der Waals surface area contributed by atoms with Crippen molar-refractivity contribution in [1.82, 2.24) is 0 Å². The van der Waals surface area contributed by atoms with Crippen LogP contribution in [0.2, 0.25) is 0 Å². The van der Waals surface area contributed by atoms with Gasteiger partial charge in [-0.25, -0.2) is 0 Å². The lowest BCUT2D eigenvalue weighted by Gasteiger charge is -2.04. The molecule has 0 radical (unpaired) electrons. The first-order valence-electron chi connectivity index (χ1n) is 3.61. The van der Waals surface area contributed by atoms with Crippen molar-refractivity contribution in [1.29, 1.82) is 0 Å². The highest BCUT2D eigenvalue weighted by Gasteiger charge is 2.00. The van der Waals surface area contributed by atoms with Crippen molar-refractivity contribution >= 4 is 11.3 Å². The van der Waals surface area contributed by atoms with Crippen molar-refractivity contribution in [3.05, 3.63) is 22.4 Å². The lowest BCUT2D eigenvalue weighted by Crippen LogP contribution is -2.20. The molecule has 10 heavy (non-hydrogen) atoms. The highest BCUT2D eigenvalue weighted by molar-refractivity contribution is 7.09. The molecule has 1 aromatic rings. The quantitative estimate of drug-likeness (QED) is 0.710. The van der Waals surface area contributed by atoms with E-state index in [4.69, 9.17) is 5.73 Å². The first kappa shape index (κ1) is 7.76. The molecule has 0 spiro atoms. The maximum atomic E-state index is 5.77. The van der Waals surface area contributed by atoms with Gasteiger partial charge in [0.15, 0.2) is 0 Å². The normalized spacial score (nSPS) is 13.4. The van der Waals surface area contributed by atoms with Crippen LogP contribution in [0.15, 0.2) is 17.5 Å². The first-order valence-corrected chi connectivity index (χ1v) is 4.49. The van der Waals surface area contributed by atoms with Crippen LogP contribution >= 0.6 is 11.3 Å². The van der Waals surface area contributed by atoms with Crippen LogP contribution in [0.25, 0.3) is 0 Å². The molecular weight excluding hydrogens is 142 g/mol. The van der Waals surface area contributed by atoms with Gasteiger partial charge in [-0.3, -0.25) is 0 Å². The maximum absolute atomic E-state index is 5.77. The van der Waals surface area contributed by atoms with E-state index in [1.165, 1.54) is 4.88 Å². The lowest BCUT2D eigenvalue weighted by molar-refractivity contribution is 0.652. The first-order chi connectivity index (χ1) is 4.83. The third-order valence-electron chi connectivity index (χ3n) is 1.57. The molecule has 0 unspecified atom stereocenters. The second-order valence-corrected chi connectivity index (χ2v) is 3.48. The van der Waals surface area contributed by atoms with Crippen LogP contribution in [0.3, 0.4) is 0 Å². The number of hydrogen-bond acceptors (Lipinski definition) is 2. The van der Waals surface area contributed by atoms with Crippen molar-refractivity contribution in [2.75, 3.05) is 0 Å². The molecule has 1 aromatic heterocycles. The minimum atomic E-state index is 0.346. The molecule has 1 rings (SSSR count). The molecule has 56 valence electrons. The summed E-state index contributed by atoms with van der Waals surface area (Å²) in [5, 5.41) is 2.09. The summed E-state index contributed by atoms with van der Waals surface area (Å²) in [6.45, 7) is 2.12. The Morgan fingerprint density at radius 1 is 1.70 bits per heavy atom. The van der Waals surface area contributed by atoms with Gasteiger partial charge in [0, 0.05) is 10.9 Å². The van der Waals surface area contributed by atoms with Gasteiger partial charge in [0.2, 0.25) is 0 Å². The minimum absolute atomic E-state index is 0.346. The number of nitrogens with two attached hydrogens (primary N) is 1. The third-order valence-corrected chi connectivity index (χ3v) is 2.47. The van der Waals surface area contributed by atoms with Crippen LogP contribution in [0.1, 0.15) is 18.2 Å². The standard InChI is InChI=1S/C8H13NS/c1-2-7(9)6-8-4-3-5-10-8/h3-5,7H,2,6,9H2,1H3/t7-/m0/s1. The van der Waals surface area contributed by atoms with Crippen LogP contribution in [0.5, 0.6) is 0 Å². The van der Waals surface area contributed by atoms with E-state index in [2.05, 4.69) is 24.4 Å². The van der Waals surface area contributed by atoms with E-state index >= 15 is 0 Å². The molecule has 1 nitrogen and oxygen atoms in total. The predicted molar refractivity (Wildman–Crippen MR) is 46.3 cm³/mol. The van der Waals surface area contributed by atoms with Crippen LogP contribution in [0.4, 0.5) is 0 Å². The molecule has 0 aromatic carbocycles. The van der Waals surface area contributed by atoms with Gasteiger partial charge in [0.05, 0.1) is 0 Å². The van der Waals surface area contributed by atoms with Crippen LogP contribution in [0, 0.1) is 0 Å². The zero-order chi connectivity index (χ0) is 7.40. The fraction of sp³-hybridized carbons (Fsp3) is 0.500. The Bertz CT molecular complexity index is 169. The zero-order valence-corrected chi connectivity index (χ0v) is 7.03. The van der Waals surface area contributed by atoms with Gasteiger partial charge in [-0.2, -0.15) is 0 Å². The predicted octanol–water partition coefficient (Wildman–Crippen LogP) is 2.03. The second kappa shape index (κ2) is 3.74. The Labute approximate surface area is 65.9 Å². The summed E-state index contributed by atoms with van der Waals surface area (Å²) in [5.74, 6) is 0. The van der Waals surface area contributed by atoms with Crippen LogP contribution in [-0.2, 0) is 6.42 Å². The summed E-state index contributed by atoms with van der Waals surface area (Å²) in [5.41, 5.74) is 5.77. The molecule has 2 heteroatoms. The van der Waals surface area contributed by atoms with Crippen LogP contribution in [-0.4, -0.2) is 6.04 Å². The summed E-state index contributed by atoms with van der Waals surface area (Å²) < 4.78 is 0. The third kappa shape index (κ3) is 2.12. The van der Waals surface area contributed by atoms with Gasteiger partial charge in [-0.15, -0.1) is 11.3 Å². The summed E-state index contributed by atoms with van der Waals surface area (Å²) in [6, 6.07) is 4.56. The molecule has 0 aliphatic heterocycles. The van der Waals surface area contributed by atoms with Crippen molar-refractivity contribution in [2.45, 2.75) is 25.8 Å². The van der Waals surface area contributed by atoms with E-state index < -0.39 is 0 Å². The Kier molecular flexibility index (Phi) is 2.90. The fourth-order valence-electron chi connectivity index (χ4n) is 0.831. The molecule has 0 aliphatic rings. The van der Waals surface area contributed by atoms with Gasteiger partial charge < -0.3 is 5.73 Å². The van der Waals surface area contributed by atoms with E-state index in [9.17, 15) is 0 Å². The molecule has 0 saturated heterocycles.